The van der Waals surface area contributed by atoms with E-state index >= 15 is 0 Å². The molecule has 3 atom stereocenters. The zero-order valence-corrected chi connectivity index (χ0v) is 11.0. The van der Waals surface area contributed by atoms with E-state index in [4.69, 9.17) is 14.2 Å². The molecule has 0 saturated carbocycles. The van der Waals surface area contributed by atoms with Crippen molar-refractivity contribution in [3.63, 3.8) is 0 Å². The Hall–Kier alpha value is -2.02. The van der Waals surface area contributed by atoms with Gasteiger partial charge >= 0.3 is 17.9 Å². The molecule has 0 radical (unpaired) electrons. The fraction of sp³-hybridized carbons (Fsp3) is 0.429. The van der Waals surface area contributed by atoms with Crippen LogP contribution in [0.3, 0.4) is 0 Å². The maximum absolute atomic E-state index is 14.0. The molecule has 1 aromatic carbocycles. The van der Waals surface area contributed by atoms with Crippen LogP contribution in [0.4, 0.5) is 8.78 Å². The summed E-state index contributed by atoms with van der Waals surface area (Å²) in [6.07, 6.45) is -4.40. The highest BCUT2D eigenvalue weighted by atomic mass is 19.3. The highest BCUT2D eigenvalue weighted by Gasteiger charge is 2.59. The van der Waals surface area contributed by atoms with Crippen molar-refractivity contribution in [2.45, 2.75) is 31.2 Å². The molecule has 2 heterocycles. The third-order valence-corrected chi connectivity index (χ3v) is 3.58. The molecule has 1 aromatic rings. The number of fused-ring (bicyclic) bond motifs is 3. The lowest BCUT2D eigenvalue weighted by Gasteiger charge is -2.24. The van der Waals surface area contributed by atoms with E-state index in [1.165, 1.54) is 31.2 Å². The molecule has 112 valence electrons. The van der Waals surface area contributed by atoms with Crippen molar-refractivity contribution >= 4 is 11.9 Å². The molecule has 2 aliphatic rings. The number of esters is 2. The molecule has 21 heavy (non-hydrogen) atoms. The van der Waals surface area contributed by atoms with E-state index in [9.17, 15) is 18.4 Å². The lowest BCUT2D eigenvalue weighted by molar-refractivity contribution is -0.111. The second-order valence-electron chi connectivity index (χ2n) is 5.00. The molecule has 0 aliphatic carbocycles. The molecule has 0 aromatic heterocycles. The number of benzene rings is 1. The summed E-state index contributed by atoms with van der Waals surface area (Å²) in [6, 6.07) is 5.55. The predicted octanol–water partition coefficient (Wildman–Crippen LogP) is 1.80. The molecule has 1 saturated heterocycles. The van der Waals surface area contributed by atoms with E-state index in [-0.39, 0.29) is 11.1 Å². The Labute approximate surface area is 118 Å². The van der Waals surface area contributed by atoms with E-state index in [0.29, 0.717) is 0 Å². The Morgan fingerprint density at radius 2 is 1.86 bits per heavy atom. The zero-order chi connectivity index (χ0) is 15.2. The smallest absolute Gasteiger partial charge is 0.338 e. The van der Waals surface area contributed by atoms with E-state index < -0.39 is 42.8 Å². The number of hydrogen-bond donors (Lipinski definition) is 0. The maximum atomic E-state index is 14.0. The monoisotopic (exact) mass is 298 g/mol. The molecule has 3 rings (SSSR count). The summed E-state index contributed by atoms with van der Waals surface area (Å²) in [6.45, 7) is 0.781. The van der Waals surface area contributed by atoms with Crippen molar-refractivity contribution in [3.05, 3.63) is 35.4 Å². The van der Waals surface area contributed by atoms with Gasteiger partial charge in [0.1, 0.15) is 18.8 Å². The highest BCUT2D eigenvalue weighted by Crippen LogP contribution is 2.38. The summed E-state index contributed by atoms with van der Waals surface area (Å²) in [5, 5.41) is 0. The Morgan fingerprint density at radius 1 is 1.19 bits per heavy atom. The first-order valence-corrected chi connectivity index (χ1v) is 6.41. The lowest BCUT2D eigenvalue weighted by Crippen LogP contribution is -2.44. The quantitative estimate of drug-likeness (QED) is 0.684. The Morgan fingerprint density at radius 3 is 2.57 bits per heavy atom. The third-order valence-electron chi connectivity index (χ3n) is 3.58. The van der Waals surface area contributed by atoms with Crippen LogP contribution in [0.5, 0.6) is 0 Å². The molecule has 2 aliphatic heterocycles. The fourth-order valence-electron chi connectivity index (χ4n) is 2.38. The molecular formula is C14H12F2O5. The number of rotatable bonds is 0. The minimum absolute atomic E-state index is 0.0143. The van der Waals surface area contributed by atoms with Crippen LogP contribution >= 0.6 is 0 Å². The van der Waals surface area contributed by atoms with Crippen molar-refractivity contribution in [1.82, 2.24) is 0 Å². The number of cyclic esters (lactones) is 1. The zero-order valence-electron chi connectivity index (χ0n) is 11.0. The van der Waals surface area contributed by atoms with E-state index in [2.05, 4.69) is 0 Å². The van der Waals surface area contributed by atoms with Crippen LogP contribution in [0, 0.1) is 0 Å². The standard InChI is InChI=1S/C14H12F2O5/c1-7-14(15,16)11-10(20-7)6-19-12(17)8-3-2-4-9(5-8)13(18)21-11/h2-5,7,10-11H,6H2,1H3/t7-,10-,11-/m1/s1. The summed E-state index contributed by atoms with van der Waals surface area (Å²) in [7, 11) is 0. The highest BCUT2D eigenvalue weighted by molar-refractivity contribution is 5.95. The molecule has 0 N–H and O–H groups in total. The predicted molar refractivity (Wildman–Crippen MR) is 65.2 cm³/mol. The van der Waals surface area contributed by atoms with Crippen molar-refractivity contribution in [1.29, 1.82) is 0 Å². The van der Waals surface area contributed by atoms with Crippen LogP contribution < -0.4 is 0 Å². The van der Waals surface area contributed by atoms with Gasteiger partial charge in [0.05, 0.1) is 11.1 Å². The first-order valence-electron chi connectivity index (χ1n) is 6.41. The summed E-state index contributed by atoms with van der Waals surface area (Å²) in [5.74, 6) is -4.96. The van der Waals surface area contributed by atoms with Crippen molar-refractivity contribution in [3.8, 4) is 0 Å². The van der Waals surface area contributed by atoms with Crippen molar-refractivity contribution in [2.24, 2.45) is 0 Å². The van der Waals surface area contributed by atoms with E-state index in [0.717, 1.165) is 0 Å². The number of halogens is 2. The van der Waals surface area contributed by atoms with E-state index in [1.54, 1.807) is 0 Å². The van der Waals surface area contributed by atoms with Gasteiger partial charge in [-0.05, 0) is 25.1 Å². The van der Waals surface area contributed by atoms with Crippen LogP contribution in [-0.4, -0.2) is 42.8 Å². The van der Waals surface area contributed by atoms with Gasteiger partial charge in [0.2, 0.25) is 0 Å². The van der Waals surface area contributed by atoms with Crippen LogP contribution in [0.15, 0.2) is 24.3 Å². The van der Waals surface area contributed by atoms with Crippen LogP contribution in [0.25, 0.3) is 0 Å². The third kappa shape index (κ3) is 2.27. The van der Waals surface area contributed by atoms with Gasteiger partial charge in [-0.15, -0.1) is 0 Å². The van der Waals surface area contributed by atoms with Crippen molar-refractivity contribution in [2.75, 3.05) is 6.61 Å². The SMILES string of the molecule is C[C@H]1O[C@@H]2COC(=O)c3cccc(c3)C(=O)O[C@H]2C1(F)F. The molecule has 0 amide bonds. The summed E-state index contributed by atoms with van der Waals surface area (Å²) in [5.41, 5.74) is 0.168. The van der Waals surface area contributed by atoms with Crippen LogP contribution in [0.1, 0.15) is 27.6 Å². The van der Waals surface area contributed by atoms with Gasteiger partial charge in [-0.2, -0.15) is 8.78 Å². The number of carbonyl (C=O) groups is 2. The lowest BCUT2D eigenvalue weighted by atomic mass is 10.1. The van der Waals surface area contributed by atoms with Crippen molar-refractivity contribution < 1.29 is 32.6 Å². The number of hydrogen-bond acceptors (Lipinski definition) is 5. The molecule has 0 spiro atoms. The molecule has 7 heteroatoms. The minimum atomic E-state index is -3.34. The van der Waals surface area contributed by atoms with E-state index in [1.807, 2.05) is 0 Å². The molecule has 1 fully saturated rings. The summed E-state index contributed by atoms with van der Waals surface area (Å²) < 4.78 is 43.0. The average molecular weight is 298 g/mol. The number of alkyl halides is 2. The molecule has 5 nitrogen and oxygen atoms in total. The Balaban J connectivity index is 1.99. The summed E-state index contributed by atoms with van der Waals surface area (Å²) >= 11 is 0. The molecule has 0 unspecified atom stereocenters. The number of carbonyl (C=O) groups excluding carboxylic acids is 2. The molecule has 2 bridgehead atoms. The largest absolute Gasteiger partial charge is 0.459 e. The minimum Gasteiger partial charge on any atom is -0.459 e. The molecular weight excluding hydrogens is 286 g/mol. The second-order valence-corrected chi connectivity index (χ2v) is 5.00. The van der Waals surface area contributed by atoms with Gasteiger partial charge in [-0.25, -0.2) is 9.59 Å². The Kier molecular flexibility index (Phi) is 3.16. The van der Waals surface area contributed by atoms with Gasteiger partial charge < -0.3 is 14.2 Å². The topological polar surface area (TPSA) is 61.8 Å². The van der Waals surface area contributed by atoms with Gasteiger partial charge in [-0.1, -0.05) is 6.07 Å². The van der Waals surface area contributed by atoms with Crippen LogP contribution in [0.2, 0.25) is 0 Å². The van der Waals surface area contributed by atoms with Gasteiger partial charge in [0.25, 0.3) is 0 Å². The van der Waals surface area contributed by atoms with Crippen LogP contribution in [-0.2, 0) is 14.2 Å². The first kappa shape index (κ1) is 13.9. The Bertz CT molecular complexity index is 601. The normalized spacial score (nSPS) is 31.1. The number of ether oxygens (including phenoxy) is 3. The first-order chi connectivity index (χ1) is 9.89. The summed E-state index contributed by atoms with van der Waals surface area (Å²) in [4.78, 5) is 23.8. The second kappa shape index (κ2) is 4.77. The van der Waals surface area contributed by atoms with Gasteiger partial charge in [0, 0.05) is 0 Å². The maximum Gasteiger partial charge on any atom is 0.338 e. The average Bonchev–Trinajstić information content (AvgIpc) is 2.67. The fourth-order valence-corrected chi connectivity index (χ4v) is 2.38. The van der Waals surface area contributed by atoms with Gasteiger partial charge in [0.15, 0.2) is 6.10 Å². The van der Waals surface area contributed by atoms with Gasteiger partial charge in [-0.3, -0.25) is 0 Å².